The second kappa shape index (κ2) is 7.88. The molecule has 156 valence electrons. The van der Waals surface area contributed by atoms with Crippen molar-refractivity contribution < 1.29 is 14.1 Å². The molecule has 0 aliphatic heterocycles. The van der Waals surface area contributed by atoms with Gasteiger partial charge in [-0.3, -0.25) is 24.7 Å². The van der Waals surface area contributed by atoms with Gasteiger partial charge >= 0.3 is 0 Å². The van der Waals surface area contributed by atoms with E-state index in [1.54, 1.807) is 19.1 Å². The second-order valence-electron chi connectivity index (χ2n) is 6.39. The minimum atomic E-state index is -0.712. The maximum Gasteiger partial charge on any atom is 0.270 e. The van der Waals surface area contributed by atoms with Crippen molar-refractivity contribution in [3.05, 3.63) is 85.5 Å². The Morgan fingerprint density at radius 1 is 1.29 bits per heavy atom. The molecule has 3 heterocycles. The van der Waals surface area contributed by atoms with Gasteiger partial charge in [-0.05, 0) is 25.1 Å². The fourth-order valence-electron chi connectivity index (χ4n) is 2.82. The molecule has 11 nitrogen and oxygen atoms in total. The predicted octanol–water partition coefficient (Wildman–Crippen LogP) is 3.34. The number of aromatic amines is 1. The number of aryl methyl sites for hydroxylation is 1. The van der Waals surface area contributed by atoms with Gasteiger partial charge in [0.1, 0.15) is 11.5 Å². The molecule has 0 spiro atoms. The highest BCUT2D eigenvalue weighted by Crippen LogP contribution is 2.26. The number of aromatic nitrogens is 4. The van der Waals surface area contributed by atoms with Crippen molar-refractivity contribution in [1.29, 1.82) is 0 Å². The molecule has 0 saturated heterocycles. The lowest BCUT2D eigenvalue weighted by Gasteiger charge is -2.09. The van der Waals surface area contributed by atoms with E-state index in [1.807, 2.05) is 0 Å². The van der Waals surface area contributed by atoms with E-state index in [4.69, 9.17) is 16.0 Å². The maximum absolute atomic E-state index is 12.8. The maximum atomic E-state index is 12.8. The quantitative estimate of drug-likeness (QED) is 0.357. The minimum absolute atomic E-state index is 0.0301. The summed E-state index contributed by atoms with van der Waals surface area (Å²) in [7, 11) is 0. The van der Waals surface area contributed by atoms with Crippen LogP contribution in [0.5, 0.6) is 0 Å². The summed E-state index contributed by atoms with van der Waals surface area (Å²) in [6, 6.07) is 9.68. The van der Waals surface area contributed by atoms with Gasteiger partial charge in [0.05, 0.1) is 21.8 Å². The molecule has 0 radical (unpaired) electrons. The number of nitrogens with zero attached hydrogens (tertiary/aromatic N) is 4. The Hall–Kier alpha value is -4.25. The summed E-state index contributed by atoms with van der Waals surface area (Å²) in [4.78, 5) is 42.0. The van der Waals surface area contributed by atoms with E-state index in [9.17, 15) is 19.7 Å². The molecule has 0 atom stereocenters. The van der Waals surface area contributed by atoms with Crippen molar-refractivity contribution in [1.82, 2.24) is 19.7 Å². The summed E-state index contributed by atoms with van der Waals surface area (Å²) in [5.74, 6) is -0.107. The van der Waals surface area contributed by atoms with Crippen molar-refractivity contribution in [3.63, 3.8) is 0 Å². The van der Waals surface area contributed by atoms with Gasteiger partial charge in [0.2, 0.25) is 5.95 Å². The Morgan fingerprint density at radius 3 is 2.77 bits per heavy atom. The van der Waals surface area contributed by atoms with Crippen molar-refractivity contribution >= 4 is 29.0 Å². The number of nitro benzene ring substituents is 1. The van der Waals surface area contributed by atoms with Crippen LogP contribution in [0.3, 0.4) is 0 Å². The topological polar surface area (TPSA) is 149 Å². The van der Waals surface area contributed by atoms with Crippen molar-refractivity contribution in [2.24, 2.45) is 0 Å². The first-order chi connectivity index (χ1) is 14.8. The van der Waals surface area contributed by atoms with Gasteiger partial charge in [-0.1, -0.05) is 11.6 Å². The molecule has 1 amide bonds. The van der Waals surface area contributed by atoms with E-state index in [1.165, 1.54) is 35.2 Å². The molecule has 31 heavy (non-hydrogen) atoms. The summed E-state index contributed by atoms with van der Waals surface area (Å²) >= 11 is 6.07. The van der Waals surface area contributed by atoms with Crippen molar-refractivity contribution in [2.45, 2.75) is 6.92 Å². The van der Waals surface area contributed by atoms with Gasteiger partial charge in [0.15, 0.2) is 5.76 Å². The van der Waals surface area contributed by atoms with Crippen LogP contribution in [0.15, 0.2) is 57.9 Å². The standard InChI is InChI=1S/C19H13ClN6O5/c1-10-7-17(27)23-19(21-10)25-16(9-14(24-25)15-3-2-6-31-15)22-18(28)12-8-11(26(29)30)4-5-13(12)20/h2-9H,1H3,(H,22,28)(H,21,23,27). The van der Waals surface area contributed by atoms with Gasteiger partial charge in [0, 0.05) is 30.0 Å². The van der Waals surface area contributed by atoms with Crippen LogP contribution in [0.1, 0.15) is 16.1 Å². The molecule has 0 fully saturated rings. The highest BCUT2D eigenvalue weighted by molar-refractivity contribution is 6.34. The zero-order chi connectivity index (χ0) is 22.1. The Labute approximate surface area is 178 Å². The number of furan rings is 1. The number of nitrogens with one attached hydrogen (secondary N) is 2. The van der Waals surface area contributed by atoms with Gasteiger partial charge in [-0.25, -0.2) is 4.98 Å². The van der Waals surface area contributed by atoms with Gasteiger partial charge in [-0.15, -0.1) is 0 Å². The fraction of sp³-hybridized carbons (Fsp3) is 0.0526. The molecule has 0 aliphatic carbocycles. The molecular weight excluding hydrogens is 428 g/mol. The first kappa shape index (κ1) is 20.0. The number of non-ortho nitro benzene ring substituents is 1. The average molecular weight is 441 g/mol. The van der Waals surface area contributed by atoms with Crippen LogP contribution in [0.2, 0.25) is 5.02 Å². The number of amides is 1. The minimum Gasteiger partial charge on any atom is -0.463 e. The molecule has 12 heteroatoms. The number of nitro groups is 1. The lowest BCUT2D eigenvalue weighted by atomic mass is 10.2. The SMILES string of the molecule is Cc1cc(=O)[nH]c(-n2nc(-c3ccco3)cc2NC(=O)c2cc([N+](=O)[O-])ccc2Cl)n1. The Kier molecular flexibility index (Phi) is 5.09. The smallest absolute Gasteiger partial charge is 0.270 e. The number of anilines is 1. The first-order valence-electron chi connectivity index (χ1n) is 8.79. The molecule has 0 aliphatic rings. The van der Waals surface area contributed by atoms with Crippen LogP contribution in [-0.4, -0.2) is 30.6 Å². The second-order valence-corrected chi connectivity index (χ2v) is 6.80. The molecule has 4 rings (SSSR count). The van der Waals surface area contributed by atoms with Gasteiger partial charge in [0.25, 0.3) is 17.2 Å². The molecule has 0 bridgehead atoms. The molecule has 2 N–H and O–H groups in total. The van der Waals surface area contributed by atoms with Crippen LogP contribution in [0, 0.1) is 17.0 Å². The van der Waals surface area contributed by atoms with Crippen LogP contribution >= 0.6 is 11.6 Å². The van der Waals surface area contributed by atoms with E-state index >= 15 is 0 Å². The average Bonchev–Trinajstić information content (AvgIpc) is 3.37. The number of hydrogen-bond acceptors (Lipinski definition) is 7. The number of rotatable bonds is 5. The van der Waals surface area contributed by atoms with E-state index < -0.39 is 16.4 Å². The number of benzene rings is 1. The Bertz CT molecular complexity index is 1360. The van der Waals surface area contributed by atoms with Crippen LogP contribution in [0.4, 0.5) is 11.5 Å². The van der Waals surface area contributed by atoms with E-state index in [-0.39, 0.29) is 28.0 Å². The van der Waals surface area contributed by atoms with Gasteiger partial charge < -0.3 is 9.73 Å². The van der Waals surface area contributed by atoms with Crippen molar-refractivity contribution in [3.8, 4) is 17.4 Å². The number of carbonyl (C=O) groups excluding carboxylic acids is 1. The molecular formula is C19H13ClN6O5. The molecule has 1 aromatic carbocycles. The van der Waals surface area contributed by atoms with Gasteiger partial charge in [-0.2, -0.15) is 9.78 Å². The zero-order valence-electron chi connectivity index (χ0n) is 15.8. The number of hydrogen-bond donors (Lipinski definition) is 2. The molecule has 0 unspecified atom stereocenters. The summed E-state index contributed by atoms with van der Waals surface area (Å²) < 4.78 is 6.56. The largest absolute Gasteiger partial charge is 0.463 e. The molecule has 0 saturated carbocycles. The van der Waals surface area contributed by atoms with Crippen molar-refractivity contribution in [2.75, 3.05) is 5.32 Å². The third kappa shape index (κ3) is 4.07. The molecule has 4 aromatic rings. The fourth-order valence-corrected chi connectivity index (χ4v) is 3.03. The van der Waals surface area contributed by atoms with E-state index in [0.29, 0.717) is 17.1 Å². The summed E-state index contributed by atoms with van der Waals surface area (Å²) in [6.45, 7) is 1.64. The summed E-state index contributed by atoms with van der Waals surface area (Å²) in [5.41, 5.74) is -0.00294. The lowest BCUT2D eigenvalue weighted by Crippen LogP contribution is -2.19. The summed E-state index contributed by atoms with van der Waals surface area (Å²) in [5, 5.41) is 18.0. The first-order valence-corrected chi connectivity index (χ1v) is 9.17. The van der Waals surface area contributed by atoms with E-state index in [2.05, 4.69) is 20.4 Å². The third-order valence-corrected chi connectivity index (χ3v) is 4.52. The number of halogens is 1. The summed E-state index contributed by atoms with van der Waals surface area (Å²) in [6.07, 6.45) is 1.46. The highest BCUT2D eigenvalue weighted by atomic mass is 35.5. The van der Waals surface area contributed by atoms with E-state index in [0.717, 1.165) is 6.07 Å². The normalized spacial score (nSPS) is 10.8. The highest BCUT2D eigenvalue weighted by Gasteiger charge is 2.20. The van der Waals surface area contributed by atoms with Crippen LogP contribution in [0.25, 0.3) is 17.4 Å². The predicted molar refractivity (Wildman–Crippen MR) is 110 cm³/mol. The third-order valence-electron chi connectivity index (χ3n) is 4.19. The number of carbonyl (C=O) groups is 1. The Morgan fingerprint density at radius 2 is 2.10 bits per heavy atom. The molecule has 3 aromatic heterocycles. The van der Waals surface area contributed by atoms with Crippen LogP contribution < -0.4 is 10.9 Å². The monoisotopic (exact) mass is 440 g/mol. The number of H-pyrrole nitrogens is 1. The van der Waals surface area contributed by atoms with Crippen LogP contribution in [-0.2, 0) is 0 Å². The Balaban J connectivity index is 1.79. The zero-order valence-corrected chi connectivity index (χ0v) is 16.6. The lowest BCUT2D eigenvalue weighted by molar-refractivity contribution is -0.384.